The van der Waals surface area contributed by atoms with Gasteiger partial charge in [-0.25, -0.2) is 4.39 Å². The number of nitrogens with zero attached hydrogens (tertiary/aromatic N) is 1. The molecule has 0 bridgehead atoms. The zero-order valence-corrected chi connectivity index (χ0v) is 11.1. The highest BCUT2D eigenvalue weighted by Gasteiger charge is 2.21. The van der Waals surface area contributed by atoms with Gasteiger partial charge in [0, 0.05) is 25.2 Å². The van der Waals surface area contributed by atoms with Crippen molar-refractivity contribution in [3.05, 3.63) is 22.4 Å². The average molecular weight is 287 g/mol. The Balaban J connectivity index is 2.49. The van der Waals surface area contributed by atoms with Gasteiger partial charge in [0.1, 0.15) is 5.82 Å². The molecule has 0 spiro atoms. The maximum absolute atomic E-state index is 13.6. The summed E-state index contributed by atoms with van der Waals surface area (Å²) in [5.41, 5.74) is 1.98. The predicted octanol–water partition coefficient (Wildman–Crippen LogP) is 3.62. The van der Waals surface area contributed by atoms with E-state index in [1.54, 1.807) is 6.07 Å². The lowest BCUT2D eigenvalue weighted by molar-refractivity contribution is 0.609. The average Bonchev–Trinajstić information content (AvgIpc) is 2.38. The Morgan fingerprint density at radius 1 is 1.56 bits per heavy atom. The molecule has 0 saturated carbocycles. The van der Waals surface area contributed by atoms with Gasteiger partial charge < -0.3 is 10.2 Å². The van der Waals surface area contributed by atoms with Gasteiger partial charge in [-0.05, 0) is 42.3 Å². The molecule has 1 aliphatic heterocycles. The summed E-state index contributed by atoms with van der Waals surface area (Å²) in [5, 5.41) is 3.35. The van der Waals surface area contributed by atoms with E-state index in [2.05, 4.69) is 40.0 Å². The largest absolute Gasteiger partial charge is 0.383 e. The number of rotatable bonds is 1. The Labute approximate surface area is 104 Å². The van der Waals surface area contributed by atoms with Gasteiger partial charge in [-0.1, -0.05) is 0 Å². The molecule has 88 valence electrons. The molecular formula is C12H16BrFN2. The molecule has 1 atom stereocenters. The quantitative estimate of drug-likeness (QED) is 0.848. The summed E-state index contributed by atoms with van der Waals surface area (Å²) in [7, 11) is 0. The Morgan fingerprint density at radius 2 is 2.31 bits per heavy atom. The van der Waals surface area contributed by atoms with Crippen molar-refractivity contribution < 1.29 is 4.39 Å². The fraction of sp³-hybridized carbons (Fsp3) is 0.500. The van der Waals surface area contributed by atoms with Crippen LogP contribution in [0.25, 0.3) is 0 Å². The Bertz CT molecular complexity index is 395. The molecule has 1 heterocycles. The van der Waals surface area contributed by atoms with Crippen molar-refractivity contribution in [2.75, 3.05) is 23.3 Å². The third-order valence-corrected chi connectivity index (χ3v) is 3.71. The van der Waals surface area contributed by atoms with Crippen LogP contribution >= 0.6 is 15.9 Å². The second-order valence-corrected chi connectivity index (χ2v) is 4.99. The number of hydrogen-bond donors (Lipinski definition) is 1. The zero-order chi connectivity index (χ0) is 11.7. The molecule has 0 aromatic heterocycles. The third-order valence-electron chi connectivity index (χ3n) is 3.10. The Hall–Kier alpha value is -0.770. The monoisotopic (exact) mass is 286 g/mol. The summed E-state index contributed by atoms with van der Waals surface area (Å²) in [6.07, 6.45) is 1.07. The maximum Gasteiger partial charge on any atom is 0.139 e. The fourth-order valence-electron chi connectivity index (χ4n) is 2.21. The van der Waals surface area contributed by atoms with Crippen molar-refractivity contribution in [1.29, 1.82) is 0 Å². The van der Waals surface area contributed by atoms with E-state index in [4.69, 9.17) is 0 Å². The summed E-state index contributed by atoms with van der Waals surface area (Å²) in [6.45, 7) is 6.12. The van der Waals surface area contributed by atoms with Crippen LogP contribution in [0.4, 0.5) is 15.8 Å². The zero-order valence-electron chi connectivity index (χ0n) is 9.56. The second-order valence-electron chi connectivity index (χ2n) is 4.13. The van der Waals surface area contributed by atoms with Crippen molar-refractivity contribution in [3.8, 4) is 0 Å². The van der Waals surface area contributed by atoms with E-state index in [1.807, 2.05) is 6.07 Å². The minimum atomic E-state index is -0.201. The van der Waals surface area contributed by atoms with Gasteiger partial charge in [-0.3, -0.25) is 0 Å². The molecule has 16 heavy (non-hydrogen) atoms. The lowest BCUT2D eigenvalue weighted by atomic mass is 10.2. The van der Waals surface area contributed by atoms with Crippen LogP contribution in [0, 0.1) is 5.82 Å². The first-order chi connectivity index (χ1) is 7.63. The summed E-state index contributed by atoms with van der Waals surface area (Å²) in [6, 6.07) is 3.88. The molecule has 0 saturated heterocycles. The summed E-state index contributed by atoms with van der Waals surface area (Å²) < 4.78 is 14.1. The molecular weight excluding hydrogens is 271 g/mol. The van der Waals surface area contributed by atoms with Crippen LogP contribution in [0.5, 0.6) is 0 Å². The van der Waals surface area contributed by atoms with Crippen LogP contribution in [-0.4, -0.2) is 19.1 Å². The Kier molecular flexibility index (Phi) is 3.38. The normalized spacial score (nSPS) is 20.0. The number of benzene rings is 1. The SMILES string of the molecule is CCN1c2cc(F)c(Br)cc2NCCC1C. The van der Waals surface area contributed by atoms with E-state index >= 15 is 0 Å². The second kappa shape index (κ2) is 4.62. The van der Waals surface area contributed by atoms with Gasteiger partial charge in [-0.2, -0.15) is 0 Å². The van der Waals surface area contributed by atoms with Crippen molar-refractivity contribution in [1.82, 2.24) is 0 Å². The van der Waals surface area contributed by atoms with Crippen molar-refractivity contribution in [2.24, 2.45) is 0 Å². The first-order valence-corrected chi connectivity index (χ1v) is 6.42. The molecule has 0 radical (unpaired) electrons. The summed E-state index contributed by atoms with van der Waals surface area (Å²) in [4.78, 5) is 2.24. The smallest absolute Gasteiger partial charge is 0.139 e. The first kappa shape index (κ1) is 11.7. The summed E-state index contributed by atoms with van der Waals surface area (Å²) >= 11 is 3.22. The molecule has 1 aromatic rings. The van der Waals surface area contributed by atoms with E-state index in [1.165, 1.54) is 0 Å². The van der Waals surface area contributed by atoms with Crippen LogP contribution in [0.3, 0.4) is 0 Å². The van der Waals surface area contributed by atoms with Crippen molar-refractivity contribution in [3.63, 3.8) is 0 Å². The standard InChI is InChI=1S/C12H16BrFN2/c1-3-16-8(2)4-5-15-11-6-9(13)10(14)7-12(11)16/h6-8,15H,3-5H2,1-2H3. The molecule has 4 heteroatoms. The van der Waals surface area contributed by atoms with E-state index in [0.717, 1.165) is 30.9 Å². The predicted molar refractivity (Wildman–Crippen MR) is 69.7 cm³/mol. The molecule has 1 N–H and O–H groups in total. The van der Waals surface area contributed by atoms with Crippen molar-refractivity contribution in [2.45, 2.75) is 26.3 Å². The molecule has 2 nitrogen and oxygen atoms in total. The van der Waals surface area contributed by atoms with Crippen LogP contribution in [0.2, 0.25) is 0 Å². The summed E-state index contributed by atoms with van der Waals surface area (Å²) in [5.74, 6) is -0.201. The Morgan fingerprint density at radius 3 is 3.00 bits per heavy atom. The number of anilines is 2. The van der Waals surface area contributed by atoms with Gasteiger partial charge in [0.25, 0.3) is 0 Å². The topological polar surface area (TPSA) is 15.3 Å². The van der Waals surface area contributed by atoms with Crippen LogP contribution < -0.4 is 10.2 Å². The number of fused-ring (bicyclic) bond motifs is 1. The molecule has 2 rings (SSSR count). The highest BCUT2D eigenvalue weighted by Crippen LogP contribution is 2.34. The minimum absolute atomic E-state index is 0.201. The third kappa shape index (κ3) is 2.03. The first-order valence-electron chi connectivity index (χ1n) is 5.63. The minimum Gasteiger partial charge on any atom is -0.383 e. The van der Waals surface area contributed by atoms with Crippen LogP contribution in [0.15, 0.2) is 16.6 Å². The molecule has 1 aliphatic rings. The highest BCUT2D eigenvalue weighted by molar-refractivity contribution is 9.10. The van der Waals surface area contributed by atoms with Crippen LogP contribution in [0.1, 0.15) is 20.3 Å². The molecule has 0 amide bonds. The number of halogens is 2. The van der Waals surface area contributed by atoms with Gasteiger partial charge in [0.05, 0.1) is 15.8 Å². The highest BCUT2D eigenvalue weighted by atomic mass is 79.9. The van der Waals surface area contributed by atoms with Gasteiger partial charge >= 0.3 is 0 Å². The molecule has 1 unspecified atom stereocenters. The van der Waals surface area contributed by atoms with Crippen LogP contribution in [-0.2, 0) is 0 Å². The van der Waals surface area contributed by atoms with E-state index < -0.39 is 0 Å². The molecule has 1 aromatic carbocycles. The van der Waals surface area contributed by atoms with Crippen molar-refractivity contribution >= 4 is 27.3 Å². The lowest BCUT2D eigenvalue weighted by Crippen LogP contribution is -2.32. The van der Waals surface area contributed by atoms with E-state index in [-0.39, 0.29) is 5.82 Å². The number of nitrogens with one attached hydrogen (secondary N) is 1. The van der Waals surface area contributed by atoms with Gasteiger partial charge in [-0.15, -0.1) is 0 Å². The molecule has 0 aliphatic carbocycles. The fourth-order valence-corrected chi connectivity index (χ4v) is 2.55. The lowest BCUT2D eigenvalue weighted by Gasteiger charge is -2.29. The van der Waals surface area contributed by atoms with Gasteiger partial charge in [0.2, 0.25) is 0 Å². The van der Waals surface area contributed by atoms with E-state index in [0.29, 0.717) is 10.5 Å². The van der Waals surface area contributed by atoms with Gasteiger partial charge in [0.15, 0.2) is 0 Å². The van der Waals surface area contributed by atoms with E-state index in [9.17, 15) is 4.39 Å². The molecule has 0 fully saturated rings. The number of hydrogen-bond acceptors (Lipinski definition) is 2. The maximum atomic E-state index is 13.6.